The molecule has 0 spiro atoms. The van der Waals surface area contributed by atoms with E-state index in [4.69, 9.17) is 16.3 Å². The van der Waals surface area contributed by atoms with Crippen LogP contribution in [-0.4, -0.2) is 14.9 Å². The number of benzene rings is 1. The van der Waals surface area contributed by atoms with E-state index < -0.39 is 4.92 Å². The highest BCUT2D eigenvalue weighted by Gasteiger charge is 2.11. The fraction of sp³-hybridized carbons (Fsp3) is 0. The van der Waals surface area contributed by atoms with Gasteiger partial charge in [-0.1, -0.05) is 11.6 Å². The van der Waals surface area contributed by atoms with Gasteiger partial charge in [-0.25, -0.2) is 9.97 Å². The molecule has 0 aliphatic heterocycles. The van der Waals surface area contributed by atoms with Gasteiger partial charge >= 0.3 is 6.01 Å². The standard InChI is InChI=1S/C10H5ClIN3O3/c11-8-3-7(15(16)17)1-2-9(8)18-10-13-4-6(12)5-14-10/h1-5H. The number of aromatic nitrogens is 2. The lowest BCUT2D eigenvalue weighted by molar-refractivity contribution is -0.384. The van der Waals surface area contributed by atoms with Gasteiger partial charge in [0.15, 0.2) is 0 Å². The van der Waals surface area contributed by atoms with Crippen LogP contribution in [-0.2, 0) is 0 Å². The van der Waals surface area contributed by atoms with Crippen molar-refractivity contribution in [3.05, 3.63) is 49.3 Å². The molecule has 0 atom stereocenters. The van der Waals surface area contributed by atoms with Crippen molar-refractivity contribution in [1.82, 2.24) is 9.97 Å². The topological polar surface area (TPSA) is 78.2 Å². The first-order valence-electron chi connectivity index (χ1n) is 4.65. The lowest BCUT2D eigenvalue weighted by Crippen LogP contribution is -1.93. The minimum Gasteiger partial charge on any atom is -0.423 e. The van der Waals surface area contributed by atoms with E-state index in [-0.39, 0.29) is 22.5 Å². The average molecular weight is 378 g/mol. The highest BCUT2D eigenvalue weighted by molar-refractivity contribution is 14.1. The summed E-state index contributed by atoms with van der Waals surface area (Å²) < 4.78 is 6.19. The minimum atomic E-state index is -0.531. The Hall–Kier alpha value is -1.48. The van der Waals surface area contributed by atoms with Crippen LogP contribution >= 0.6 is 34.2 Å². The zero-order valence-corrected chi connectivity index (χ0v) is 11.6. The second-order valence-electron chi connectivity index (χ2n) is 3.16. The highest BCUT2D eigenvalue weighted by Crippen LogP contribution is 2.30. The van der Waals surface area contributed by atoms with Gasteiger partial charge in [0.25, 0.3) is 5.69 Å². The number of hydrogen-bond donors (Lipinski definition) is 0. The molecule has 0 saturated carbocycles. The summed E-state index contributed by atoms with van der Waals surface area (Å²) in [5.41, 5.74) is -0.101. The van der Waals surface area contributed by atoms with Crippen LogP contribution in [0.1, 0.15) is 0 Å². The predicted molar refractivity (Wildman–Crippen MR) is 72.9 cm³/mol. The largest absolute Gasteiger partial charge is 0.423 e. The SMILES string of the molecule is O=[N+]([O-])c1ccc(Oc2ncc(I)cn2)c(Cl)c1. The maximum atomic E-state index is 10.5. The Bertz CT molecular complexity index is 591. The Kier molecular flexibility index (Phi) is 3.92. The first-order valence-corrected chi connectivity index (χ1v) is 6.11. The summed E-state index contributed by atoms with van der Waals surface area (Å²) >= 11 is 7.93. The van der Waals surface area contributed by atoms with Gasteiger partial charge in [0.1, 0.15) is 5.75 Å². The van der Waals surface area contributed by atoms with Crippen LogP contribution in [0.2, 0.25) is 5.02 Å². The van der Waals surface area contributed by atoms with Gasteiger partial charge in [0.05, 0.1) is 9.95 Å². The third-order valence-electron chi connectivity index (χ3n) is 1.92. The molecule has 1 aromatic heterocycles. The average Bonchev–Trinajstić information content (AvgIpc) is 2.34. The number of nitro benzene ring substituents is 1. The van der Waals surface area contributed by atoms with E-state index in [1.54, 1.807) is 12.4 Å². The lowest BCUT2D eigenvalue weighted by atomic mass is 10.3. The molecule has 0 bridgehead atoms. The summed E-state index contributed by atoms with van der Waals surface area (Å²) in [5, 5.41) is 10.7. The lowest BCUT2D eigenvalue weighted by Gasteiger charge is -2.05. The monoisotopic (exact) mass is 377 g/mol. The van der Waals surface area contributed by atoms with Crippen LogP contribution in [0.4, 0.5) is 5.69 Å². The molecule has 18 heavy (non-hydrogen) atoms. The van der Waals surface area contributed by atoms with Gasteiger partial charge in [0.2, 0.25) is 0 Å². The van der Waals surface area contributed by atoms with Gasteiger partial charge < -0.3 is 4.74 Å². The molecular weight excluding hydrogens is 372 g/mol. The second-order valence-corrected chi connectivity index (χ2v) is 4.81. The Morgan fingerprint density at radius 1 is 1.33 bits per heavy atom. The molecule has 92 valence electrons. The predicted octanol–water partition coefficient (Wildman–Crippen LogP) is 3.44. The third-order valence-corrected chi connectivity index (χ3v) is 2.78. The van der Waals surface area contributed by atoms with Crippen molar-refractivity contribution in [3.8, 4) is 11.8 Å². The van der Waals surface area contributed by atoms with Crippen LogP contribution in [0, 0.1) is 13.7 Å². The van der Waals surface area contributed by atoms with E-state index in [0.717, 1.165) is 3.57 Å². The van der Waals surface area contributed by atoms with Crippen molar-refractivity contribution in [3.63, 3.8) is 0 Å². The van der Waals surface area contributed by atoms with Crippen LogP contribution in [0.3, 0.4) is 0 Å². The normalized spacial score (nSPS) is 10.1. The van der Waals surface area contributed by atoms with Gasteiger partial charge in [-0.05, 0) is 28.7 Å². The zero-order chi connectivity index (χ0) is 13.1. The van der Waals surface area contributed by atoms with Gasteiger partial charge in [-0.15, -0.1) is 0 Å². The minimum absolute atomic E-state index is 0.101. The van der Waals surface area contributed by atoms with Crippen LogP contribution in [0.15, 0.2) is 30.6 Å². The quantitative estimate of drug-likeness (QED) is 0.465. The molecule has 2 rings (SSSR count). The molecule has 6 nitrogen and oxygen atoms in total. The molecule has 0 aliphatic carbocycles. The third kappa shape index (κ3) is 3.05. The smallest absolute Gasteiger partial charge is 0.321 e. The molecule has 1 aromatic carbocycles. The summed E-state index contributed by atoms with van der Waals surface area (Å²) in [4.78, 5) is 17.9. The summed E-state index contributed by atoms with van der Waals surface area (Å²) in [5.74, 6) is 0.267. The second kappa shape index (κ2) is 5.44. The fourth-order valence-corrected chi connectivity index (χ4v) is 1.63. The first-order chi connectivity index (χ1) is 8.56. The van der Waals surface area contributed by atoms with Crippen LogP contribution < -0.4 is 4.74 Å². The van der Waals surface area contributed by atoms with E-state index in [1.165, 1.54) is 18.2 Å². The summed E-state index contributed by atoms with van der Waals surface area (Å²) in [7, 11) is 0. The van der Waals surface area contributed by atoms with E-state index in [9.17, 15) is 10.1 Å². The summed E-state index contributed by atoms with van der Waals surface area (Å²) in [6, 6.07) is 4.05. The number of rotatable bonds is 3. The maximum Gasteiger partial charge on any atom is 0.321 e. The fourth-order valence-electron chi connectivity index (χ4n) is 1.14. The Morgan fingerprint density at radius 2 is 2.00 bits per heavy atom. The summed E-state index contributed by atoms with van der Waals surface area (Å²) in [6.45, 7) is 0. The van der Waals surface area contributed by atoms with Crippen LogP contribution in [0.25, 0.3) is 0 Å². The molecular formula is C10H5ClIN3O3. The number of hydrogen-bond acceptors (Lipinski definition) is 5. The van der Waals surface area contributed by atoms with Crippen molar-refractivity contribution in [2.75, 3.05) is 0 Å². The molecule has 0 N–H and O–H groups in total. The Labute approximate surface area is 120 Å². The molecule has 0 fully saturated rings. The molecule has 0 unspecified atom stereocenters. The number of non-ortho nitro benzene ring substituents is 1. The maximum absolute atomic E-state index is 10.5. The molecule has 2 aromatic rings. The number of ether oxygens (including phenoxy) is 1. The van der Waals surface area contributed by atoms with Crippen molar-refractivity contribution >= 4 is 39.9 Å². The molecule has 8 heteroatoms. The van der Waals surface area contributed by atoms with Crippen LogP contribution in [0.5, 0.6) is 11.8 Å². The summed E-state index contributed by atoms with van der Waals surface area (Å²) in [6.07, 6.45) is 3.17. The van der Waals surface area contributed by atoms with Crippen molar-refractivity contribution in [1.29, 1.82) is 0 Å². The van der Waals surface area contributed by atoms with Crippen molar-refractivity contribution < 1.29 is 9.66 Å². The van der Waals surface area contributed by atoms with Gasteiger partial charge in [-0.2, -0.15) is 0 Å². The number of halogens is 2. The van der Waals surface area contributed by atoms with Crippen molar-refractivity contribution in [2.45, 2.75) is 0 Å². The Balaban J connectivity index is 2.24. The van der Waals surface area contributed by atoms with Crippen molar-refractivity contribution in [2.24, 2.45) is 0 Å². The van der Waals surface area contributed by atoms with E-state index in [0.29, 0.717) is 0 Å². The number of nitro groups is 1. The number of nitrogens with zero attached hydrogens (tertiary/aromatic N) is 3. The highest BCUT2D eigenvalue weighted by atomic mass is 127. The molecule has 0 radical (unpaired) electrons. The Morgan fingerprint density at radius 3 is 2.56 bits per heavy atom. The molecule has 0 saturated heterocycles. The first kappa shape index (κ1) is 13.0. The van der Waals surface area contributed by atoms with E-state index in [1.807, 2.05) is 0 Å². The molecule has 1 heterocycles. The van der Waals surface area contributed by atoms with Gasteiger partial charge in [0, 0.05) is 28.1 Å². The van der Waals surface area contributed by atoms with E-state index >= 15 is 0 Å². The molecule has 0 amide bonds. The van der Waals surface area contributed by atoms with Gasteiger partial charge in [-0.3, -0.25) is 10.1 Å². The zero-order valence-electron chi connectivity index (χ0n) is 8.71. The van der Waals surface area contributed by atoms with E-state index in [2.05, 4.69) is 32.6 Å². The molecule has 0 aliphatic rings.